The van der Waals surface area contributed by atoms with Gasteiger partial charge in [0, 0.05) is 12.4 Å². The Hall–Kier alpha value is -2.18. The summed E-state index contributed by atoms with van der Waals surface area (Å²) in [6, 6.07) is 13.2. The van der Waals surface area contributed by atoms with Crippen LogP contribution in [0.2, 0.25) is 0 Å². The maximum atomic E-state index is 14.2. The first-order valence-electron chi connectivity index (χ1n) is 7.22. The maximum Gasteiger partial charge on any atom is 0.266 e. The van der Waals surface area contributed by atoms with Gasteiger partial charge in [-0.15, -0.1) is 0 Å². The summed E-state index contributed by atoms with van der Waals surface area (Å²) in [5.41, 5.74) is 0.464. The predicted molar refractivity (Wildman–Crippen MR) is 89.7 cm³/mol. The van der Waals surface area contributed by atoms with E-state index in [1.807, 2.05) is 6.07 Å². The molecular formula is C17H15FN2O2S. The molecule has 0 aliphatic carbocycles. The van der Waals surface area contributed by atoms with Crippen LogP contribution in [0.1, 0.15) is 6.42 Å². The number of aliphatic hydroxyl groups excluding tert-OH is 1. The zero-order valence-corrected chi connectivity index (χ0v) is 13.1. The fourth-order valence-corrected chi connectivity index (χ4v) is 3.21. The van der Waals surface area contributed by atoms with Crippen molar-refractivity contribution in [2.45, 2.75) is 11.6 Å². The van der Waals surface area contributed by atoms with Crippen molar-refractivity contribution >= 4 is 22.7 Å². The maximum absolute atomic E-state index is 14.2. The van der Waals surface area contributed by atoms with Crippen LogP contribution in [0.25, 0.3) is 16.6 Å². The molecule has 118 valence electrons. The van der Waals surface area contributed by atoms with Gasteiger partial charge in [-0.1, -0.05) is 36.0 Å². The Morgan fingerprint density at radius 1 is 1.13 bits per heavy atom. The summed E-state index contributed by atoms with van der Waals surface area (Å²) in [7, 11) is 0. The minimum Gasteiger partial charge on any atom is -0.396 e. The van der Waals surface area contributed by atoms with E-state index in [2.05, 4.69) is 4.98 Å². The molecule has 3 rings (SSSR count). The van der Waals surface area contributed by atoms with Gasteiger partial charge in [0.2, 0.25) is 0 Å². The Balaban J connectivity index is 2.24. The van der Waals surface area contributed by atoms with Crippen LogP contribution in [0.5, 0.6) is 0 Å². The Morgan fingerprint density at radius 3 is 2.65 bits per heavy atom. The second kappa shape index (κ2) is 6.93. The fraction of sp³-hybridized carbons (Fsp3) is 0.176. The molecule has 0 unspecified atom stereocenters. The third-order valence-electron chi connectivity index (χ3n) is 3.37. The summed E-state index contributed by atoms with van der Waals surface area (Å²) in [6.45, 7) is 0.0600. The van der Waals surface area contributed by atoms with Gasteiger partial charge in [0.15, 0.2) is 5.16 Å². The normalized spacial score (nSPS) is 11.0. The van der Waals surface area contributed by atoms with Gasteiger partial charge in [0.1, 0.15) is 5.82 Å². The number of fused-ring (bicyclic) bond motifs is 1. The van der Waals surface area contributed by atoms with Crippen LogP contribution in [0.4, 0.5) is 4.39 Å². The number of halogens is 1. The van der Waals surface area contributed by atoms with Crippen LogP contribution in [0.15, 0.2) is 58.5 Å². The van der Waals surface area contributed by atoms with Crippen LogP contribution in [-0.4, -0.2) is 27.0 Å². The smallest absolute Gasteiger partial charge is 0.266 e. The number of aliphatic hydroxyl groups is 1. The zero-order chi connectivity index (χ0) is 16.2. The lowest BCUT2D eigenvalue weighted by atomic mass is 10.2. The first-order valence-corrected chi connectivity index (χ1v) is 8.21. The molecule has 0 spiro atoms. The SMILES string of the molecule is O=c1c2ccccc2nc(SCCCO)n1-c1ccccc1F. The van der Waals surface area contributed by atoms with Crippen LogP contribution >= 0.6 is 11.8 Å². The Bertz CT molecular complexity index is 895. The molecular weight excluding hydrogens is 315 g/mol. The third-order valence-corrected chi connectivity index (χ3v) is 4.40. The quantitative estimate of drug-likeness (QED) is 0.444. The summed E-state index contributed by atoms with van der Waals surface area (Å²) in [5, 5.41) is 9.81. The Morgan fingerprint density at radius 2 is 1.87 bits per heavy atom. The van der Waals surface area contributed by atoms with Crippen LogP contribution in [0.3, 0.4) is 0 Å². The Labute approximate surface area is 136 Å². The van der Waals surface area contributed by atoms with E-state index in [4.69, 9.17) is 5.11 Å². The van der Waals surface area contributed by atoms with Gasteiger partial charge in [-0.3, -0.25) is 9.36 Å². The van der Waals surface area contributed by atoms with E-state index in [9.17, 15) is 9.18 Å². The standard InChI is InChI=1S/C17H15FN2O2S/c18-13-7-2-4-9-15(13)20-16(22)12-6-1-3-8-14(12)19-17(20)23-11-5-10-21/h1-4,6-9,21H,5,10-11H2. The van der Waals surface area contributed by atoms with E-state index in [-0.39, 0.29) is 17.9 Å². The second-order valence-corrected chi connectivity index (χ2v) is 5.99. The minimum absolute atomic E-state index is 0.0600. The van der Waals surface area contributed by atoms with E-state index >= 15 is 0 Å². The highest BCUT2D eigenvalue weighted by atomic mass is 32.2. The number of hydrogen-bond donors (Lipinski definition) is 1. The molecule has 6 heteroatoms. The summed E-state index contributed by atoms with van der Waals surface area (Å²) < 4.78 is 15.5. The number of nitrogens with zero attached hydrogens (tertiary/aromatic N) is 2. The number of rotatable bonds is 5. The molecule has 1 aromatic heterocycles. The molecule has 0 bridgehead atoms. The first kappa shape index (κ1) is 15.7. The van der Waals surface area contributed by atoms with Crippen molar-refractivity contribution < 1.29 is 9.50 Å². The molecule has 3 aromatic rings. The topological polar surface area (TPSA) is 55.1 Å². The average Bonchev–Trinajstić information content (AvgIpc) is 2.57. The van der Waals surface area contributed by atoms with E-state index in [1.165, 1.54) is 22.4 Å². The lowest BCUT2D eigenvalue weighted by Gasteiger charge is -2.13. The van der Waals surface area contributed by atoms with Crippen molar-refractivity contribution in [2.24, 2.45) is 0 Å². The molecule has 0 aliphatic heterocycles. The van der Waals surface area contributed by atoms with Gasteiger partial charge in [-0.05, 0) is 30.7 Å². The van der Waals surface area contributed by atoms with Crippen molar-refractivity contribution in [1.82, 2.24) is 9.55 Å². The second-order valence-electron chi connectivity index (χ2n) is 4.93. The van der Waals surface area contributed by atoms with Gasteiger partial charge in [0.05, 0.1) is 16.6 Å². The number of thioether (sulfide) groups is 1. The molecule has 0 aliphatic rings. The highest BCUT2D eigenvalue weighted by molar-refractivity contribution is 7.99. The van der Waals surface area contributed by atoms with Crippen molar-refractivity contribution in [2.75, 3.05) is 12.4 Å². The summed E-state index contributed by atoms with van der Waals surface area (Å²) >= 11 is 1.33. The molecule has 0 fully saturated rings. The summed E-state index contributed by atoms with van der Waals surface area (Å²) in [4.78, 5) is 17.3. The minimum atomic E-state index is -0.476. The molecule has 23 heavy (non-hydrogen) atoms. The predicted octanol–water partition coefficient (Wildman–Crippen LogP) is 3.00. The van der Waals surface area contributed by atoms with Crippen LogP contribution in [0, 0.1) is 5.82 Å². The van der Waals surface area contributed by atoms with Gasteiger partial charge >= 0.3 is 0 Å². The number of benzene rings is 2. The summed E-state index contributed by atoms with van der Waals surface area (Å²) in [5.74, 6) is 0.117. The fourth-order valence-electron chi connectivity index (χ4n) is 2.28. The molecule has 0 saturated heterocycles. The molecule has 1 N–H and O–H groups in total. The molecule has 0 radical (unpaired) electrons. The average molecular weight is 330 g/mol. The van der Waals surface area contributed by atoms with Crippen molar-refractivity contribution in [1.29, 1.82) is 0 Å². The highest BCUT2D eigenvalue weighted by Crippen LogP contribution is 2.23. The van der Waals surface area contributed by atoms with E-state index in [0.717, 1.165) is 0 Å². The van der Waals surface area contributed by atoms with Crippen molar-refractivity contribution in [3.05, 3.63) is 64.7 Å². The highest BCUT2D eigenvalue weighted by Gasteiger charge is 2.15. The summed E-state index contributed by atoms with van der Waals surface area (Å²) in [6.07, 6.45) is 0.574. The molecule has 0 atom stereocenters. The van der Waals surface area contributed by atoms with Gasteiger partial charge in [-0.2, -0.15) is 0 Å². The van der Waals surface area contributed by atoms with Crippen molar-refractivity contribution in [3.63, 3.8) is 0 Å². The largest absolute Gasteiger partial charge is 0.396 e. The first-order chi connectivity index (χ1) is 11.2. The van der Waals surface area contributed by atoms with Gasteiger partial charge in [-0.25, -0.2) is 9.37 Å². The number of para-hydroxylation sites is 2. The van der Waals surface area contributed by atoms with E-state index in [0.29, 0.717) is 28.2 Å². The molecule has 0 saturated carbocycles. The Kier molecular flexibility index (Phi) is 4.73. The number of hydrogen-bond acceptors (Lipinski definition) is 4. The van der Waals surface area contributed by atoms with E-state index < -0.39 is 5.82 Å². The number of aromatic nitrogens is 2. The lowest BCUT2D eigenvalue weighted by Crippen LogP contribution is -2.22. The van der Waals surface area contributed by atoms with Gasteiger partial charge < -0.3 is 5.11 Å². The molecule has 0 amide bonds. The third kappa shape index (κ3) is 3.13. The monoisotopic (exact) mass is 330 g/mol. The van der Waals surface area contributed by atoms with Crippen LogP contribution < -0.4 is 5.56 Å². The van der Waals surface area contributed by atoms with Gasteiger partial charge in [0.25, 0.3) is 5.56 Å². The van der Waals surface area contributed by atoms with E-state index in [1.54, 1.807) is 36.4 Å². The van der Waals surface area contributed by atoms with Crippen LogP contribution in [-0.2, 0) is 0 Å². The van der Waals surface area contributed by atoms with Crippen molar-refractivity contribution in [3.8, 4) is 5.69 Å². The molecule has 4 nitrogen and oxygen atoms in total. The molecule has 2 aromatic carbocycles. The lowest BCUT2D eigenvalue weighted by molar-refractivity contribution is 0.296. The zero-order valence-electron chi connectivity index (χ0n) is 12.3. The molecule has 1 heterocycles.